The minimum atomic E-state index is -0.908. The van der Waals surface area contributed by atoms with E-state index in [0.29, 0.717) is 29.2 Å². The summed E-state index contributed by atoms with van der Waals surface area (Å²) in [4.78, 5) is 36.4. The highest BCUT2D eigenvalue weighted by atomic mass is 16.6. The monoisotopic (exact) mass is 459 g/mol. The Morgan fingerprint density at radius 1 is 0.882 bits per heavy atom. The van der Waals surface area contributed by atoms with Crippen molar-refractivity contribution in [2.45, 2.75) is 20.3 Å². The molecule has 0 aliphatic heterocycles. The van der Waals surface area contributed by atoms with E-state index in [2.05, 4.69) is 15.8 Å². The van der Waals surface area contributed by atoms with Gasteiger partial charge in [0.05, 0.1) is 18.4 Å². The van der Waals surface area contributed by atoms with Crippen LogP contribution in [0.25, 0.3) is 0 Å². The topological polar surface area (TPSA) is 106 Å². The van der Waals surface area contributed by atoms with Crippen molar-refractivity contribution in [2.24, 2.45) is 5.10 Å². The van der Waals surface area contributed by atoms with E-state index in [0.717, 1.165) is 12.0 Å². The zero-order chi connectivity index (χ0) is 24.3. The minimum absolute atomic E-state index is 0.255. The predicted molar refractivity (Wildman–Crippen MR) is 129 cm³/mol. The van der Waals surface area contributed by atoms with E-state index in [1.165, 1.54) is 6.21 Å². The predicted octanol–water partition coefficient (Wildman–Crippen LogP) is 3.96. The van der Waals surface area contributed by atoms with Crippen LogP contribution in [-0.4, -0.2) is 30.6 Å². The standard InChI is InChI=1S/C26H25N3O5/c1-3-18-10-13-21(14-11-18)28-24(30)25(31)29-27-17-19-12-15-22(23(16-19)33-4-2)34-26(32)20-8-6-5-7-9-20/h5-17H,3-4H2,1-2H3,(H,28,30)(H,29,31)/b27-17+. The van der Waals surface area contributed by atoms with E-state index < -0.39 is 17.8 Å². The molecule has 3 rings (SSSR count). The first-order valence-electron chi connectivity index (χ1n) is 10.8. The van der Waals surface area contributed by atoms with Crippen LogP contribution in [0.1, 0.15) is 35.3 Å². The third-order valence-corrected chi connectivity index (χ3v) is 4.69. The van der Waals surface area contributed by atoms with Crippen LogP contribution in [0.2, 0.25) is 0 Å². The fraction of sp³-hybridized carbons (Fsp3) is 0.154. The van der Waals surface area contributed by atoms with Gasteiger partial charge in [0.25, 0.3) is 0 Å². The Morgan fingerprint density at radius 3 is 2.29 bits per heavy atom. The Bertz CT molecular complexity index is 1170. The molecule has 3 aromatic carbocycles. The average Bonchev–Trinajstić information content (AvgIpc) is 2.86. The number of hydrogen-bond donors (Lipinski definition) is 2. The lowest BCUT2D eigenvalue weighted by atomic mass is 10.1. The summed E-state index contributed by atoms with van der Waals surface area (Å²) in [7, 11) is 0. The van der Waals surface area contributed by atoms with Gasteiger partial charge in [0.2, 0.25) is 0 Å². The van der Waals surface area contributed by atoms with E-state index in [9.17, 15) is 14.4 Å². The number of aryl methyl sites for hydroxylation is 1. The highest BCUT2D eigenvalue weighted by molar-refractivity contribution is 6.39. The Morgan fingerprint density at radius 2 is 1.62 bits per heavy atom. The summed E-state index contributed by atoms with van der Waals surface area (Å²) in [5.74, 6) is -1.65. The quantitative estimate of drug-likeness (QED) is 0.174. The lowest BCUT2D eigenvalue weighted by Crippen LogP contribution is -2.32. The molecule has 0 spiro atoms. The third-order valence-electron chi connectivity index (χ3n) is 4.69. The Hall–Kier alpha value is -4.46. The number of esters is 1. The molecule has 0 radical (unpaired) electrons. The first-order chi connectivity index (χ1) is 16.5. The third kappa shape index (κ3) is 6.77. The van der Waals surface area contributed by atoms with Gasteiger partial charge in [-0.25, -0.2) is 10.2 Å². The zero-order valence-electron chi connectivity index (χ0n) is 18.9. The van der Waals surface area contributed by atoms with E-state index in [-0.39, 0.29) is 5.75 Å². The molecule has 0 saturated heterocycles. The molecule has 0 unspecified atom stereocenters. The van der Waals surface area contributed by atoms with Gasteiger partial charge in [0.1, 0.15) is 0 Å². The van der Waals surface area contributed by atoms with Crippen molar-refractivity contribution in [2.75, 3.05) is 11.9 Å². The molecule has 8 nitrogen and oxygen atoms in total. The molecule has 0 saturated carbocycles. The van der Waals surface area contributed by atoms with Crippen molar-refractivity contribution in [3.05, 3.63) is 89.5 Å². The summed E-state index contributed by atoms with van der Waals surface area (Å²) in [6.45, 7) is 4.19. The van der Waals surface area contributed by atoms with Crippen molar-refractivity contribution in [1.82, 2.24) is 5.43 Å². The van der Waals surface area contributed by atoms with Crippen LogP contribution >= 0.6 is 0 Å². The number of hydrogen-bond acceptors (Lipinski definition) is 6. The molecule has 34 heavy (non-hydrogen) atoms. The average molecular weight is 460 g/mol. The first kappa shape index (κ1) is 24.2. The number of carbonyl (C=O) groups excluding carboxylic acids is 3. The van der Waals surface area contributed by atoms with E-state index in [1.807, 2.05) is 25.1 Å². The molecule has 2 amide bonds. The van der Waals surface area contributed by atoms with Gasteiger partial charge >= 0.3 is 17.8 Å². The second kappa shape index (κ2) is 12.0. The fourth-order valence-corrected chi connectivity index (χ4v) is 2.92. The van der Waals surface area contributed by atoms with Gasteiger partial charge in [0.15, 0.2) is 11.5 Å². The first-order valence-corrected chi connectivity index (χ1v) is 10.8. The summed E-state index contributed by atoms with van der Waals surface area (Å²) in [6, 6.07) is 20.7. The molecular formula is C26H25N3O5. The smallest absolute Gasteiger partial charge is 0.343 e. The van der Waals surface area contributed by atoms with Gasteiger partial charge in [0, 0.05) is 5.69 Å². The van der Waals surface area contributed by atoms with Crippen LogP contribution < -0.4 is 20.2 Å². The maximum Gasteiger partial charge on any atom is 0.343 e. The Balaban J connectivity index is 1.61. The number of ether oxygens (including phenoxy) is 2. The Labute approximate surface area is 197 Å². The number of hydrazone groups is 1. The van der Waals surface area contributed by atoms with Crippen molar-refractivity contribution in [1.29, 1.82) is 0 Å². The van der Waals surface area contributed by atoms with E-state index in [4.69, 9.17) is 9.47 Å². The molecule has 0 atom stereocenters. The summed E-state index contributed by atoms with van der Waals surface area (Å²) >= 11 is 0. The van der Waals surface area contributed by atoms with Crippen molar-refractivity contribution in [3.8, 4) is 11.5 Å². The van der Waals surface area contributed by atoms with Gasteiger partial charge in [-0.05, 0) is 66.9 Å². The van der Waals surface area contributed by atoms with Crippen molar-refractivity contribution in [3.63, 3.8) is 0 Å². The normalized spacial score (nSPS) is 10.5. The largest absolute Gasteiger partial charge is 0.490 e. The number of anilines is 1. The molecule has 0 aliphatic rings. The highest BCUT2D eigenvalue weighted by Crippen LogP contribution is 2.29. The number of rotatable bonds is 8. The molecule has 0 bridgehead atoms. The van der Waals surface area contributed by atoms with E-state index >= 15 is 0 Å². The molecule has 2 N–H and O–H groups in total. The van der Waals surface area contributed by atoms with Crippen molar-refractivity contribution < 1.29 is 23.9 Å². The van der Waals surface area contributed by atoms with Gasteiger partial charge in [-0.2, -0.15) is 5.10 Å². The molecule has 174 valence electrons. The summed E-state index contributed by atoms with van der Waals surface area (Å²) in [6.07, 6.45) is 2.23. The van der Waals surface area contributed by atoms with Gasteiger partial charge < -0.3 is 14.8 Å². The van der Waals surface area contributed by atoms with Crippen LogP contribution in [0, 0.1) is 0 Å². The lowest BCUT2D eigenvalue weighted by molar-refractivity contribution is -0.136. The summed E-state index contributed by atoms with van der Waals surface area (Å²) < 4.78 is 11.0. The summed E-state index contributed by atoms with van der Waals surface area (Å²) in [5, 5.41) is 6.34. The maximum absolute atomic E-state index is 12.3. The van der Waals surface area contributed by atoms with Gasteiger partial charge in [-0.3, -0.25) is 9.59 Å². The number of benzene rings is 3. The van der Waals surface area contributed by atoms with Gasteiger partial charge in [-0.1, -0.05) is 37.3 Å². The van der Waals surface area contributed by atoms with Gasteiger partial charge in [-0.15, -0.1) is 0 Å². The van der Waals surface area contributed by atoms with Crippen LogP contribution in [-0.2, 0) is 16.0 Å². The maximum atomic E-state index is 12.3. The molecule has 0 heterocycles. The number of carbonyl (C=O) groups is 3. The molecule has 0 fully saturated rings. The second-order valence-electron chi connectivity index (χ2n) is 7.10. The zero-order valence-corrected chi connectivity index (χ0v) is 18.9. The molecule has 8 heteroatoms. The van der Waals surface area contributed by atoms with E-state index in [1.54, 1.807) is 61.5 Å². The molecular weight excluding hydrogens is 434 g/mol. The Kier molecular flexibility index (Phi) is 8.51. The second-order valence-corrected chi connectivity index (χ2v) is 7.10. The van der Waals surface area contributed by atoms with Crippen LogP contribution in [0.5, 0.6) is 11.5 Å². The minimum Gasteiger partial charge on any atom is -0.490 e. The van der Waals surface area contributed by atoms with Crippen LogP contribution in [0.3, 0.4) is 0 Å². The molecule has 3 aromatic rings. The lowest BCUT2D eigenvalue weighted by Gasteiger charge is -2.11. The van der Waals surface area contributed by atoms with Crippen LogP contribution in [0.4, 0.5) is 5.69 Å². The molecule has 0 aliphatic carbocycles. The van der Waals surface area contributed by atoms with Crippen LogP contribution in [0.15, 0.2) is 77.9 Å². The summed E-state index contributed by atoms with van der Waals surface area (Å²) in [5.41, 5.74) is 4.81. The number of nitrogens with zero attached hydrogens (tertiary/aromatic N) is 1. The van der Waals surface area contributed by atoms with Crippen molar-refractivity contribution >= 4 is 29.7 Å². The molecule has 0 aromatic heterocycles. The highest BCUT2D eigenvalue weighted by Gasteiger charge is 2.14. The number of amides is 2. The SMILES string of the molecule is CCOc1cc(/C=N/NC(=O)C(=O)Nc2ccc(CC)cc2)ccc1OC(=O)c1ccccc1. The number of nitrogens with one attached hydrogen (secondary N) is 2. The fourth-order valence-electron chi connectivity index (χ4n) is 2.92.